The second-order valence-corrected chi connectivity index (χ2v) is 13.8. The molecule has 0 radical (unpaired) electrons. The Balaban J connectivity index is 1.09. The third kappa shape index (κ3) is 2.93. The van der Waals surface area contributed by atoms with Gasteiger partial charge in [0, 0.05) is 60.7 Å². The zero-order valence-electron chi connectivity index (χ0n) is 22.5. The van der Waals surface area contributed by atoms with Crippen LogP contribution in [0, 0.1) is 11.3 Å². The molecular weight excluding hydrogens is 470 g/mol. The Morgan fingerprint density at radius 3 is 2.68 bits per heavy atom. The molecule has 4 saturated heterocycles. The normalized spacial score (nSPS) is 39.7. The number of piperidine rings is 1. The summed E-state index contributed by atoms with van der Waals surface area (Å²) in [6.07, 6.45) is 10.5. The second kappa shape index (κ2) is 7.99. The Morgan fingerprint density at radius 1 is 0.921 bits per heavy atom. The summed E-state index contributed by atoms with van der Waals surface area (Å²) in [5, 5.41) is 11.0. The molecule has 0 amide bonds. The van der Waals surface area contributed by atoms with E-state index in [1.54, 1.807) is 0 Å². The minimum Gasteiger partial charge on any atom is -0.504 e. The molecule has 2 spiro atoms. The number of ether oxygens (including phenoxy) is 1. The summed E-state index contributed by atoms with van der Waals surface area (Å²) in [5.74, 6) is 2.17. The summed E-state index contributed by atoms with van der Waals surface area (Å²) in [5.41, 5.74) is 4.71. The first-order chi connectivity index (χ1) is 18.7. The van der Waals surface area contributed by atoms with Gasteiger partial charge in [0.15, 0.2) is 11.5 Å². The van der Waals surface area contributed by atoms with Gasteiger partial charge in [0.2, 0.25) is 0 Å². The van der Waals surface area contributed by atoms with E-state index >= 15 is 0 Å². The van der Waals surface area contributed by atoms with E-state index in [-0.39, 0.29) is 16.9 Å². The summed E-state index contributed by atoms with van der Waals surface area (Å²) in [6.45, 7) is 7.14. The number of likely N-dealkylation sites (tertiary alicyclic amines) is 2. The lowest BCUT2D eigenvalue weighted by molar-refractivity contribution is -0.131. The number of aromatic hydroxyl groups is 1. The minimum atomic E-state index is 0.0827. The summed E-state index contributed by atoms with van der Waals surface area (Å²) in [7, 11) is 0. The summed E-state index contributed by atoms with van der Waals surface area (Å²) in [6, 6.07) is 16.9. The SMILES string of the molecule is Oc1ccc2c3c1O[C@H]1[C@H]4CC[C@@]5(CCN4C4CCN(Cc6ccccc6)C4)[C@H](C2)N(CC2CC2)CC[C@]315. The lowest BCUT2D eigenvalue weighted by Gasteiger charge is -2.66. The van der Waals surface area contributed by atoms with Gasteiger partial charge in [-0.2, -0.15) is 0 Å². The fraction of sp³-hybridized carbons (Fsp3) is 0.636. The van der Waals surface area contributed by atoms with Gasteiger partial charge in [-0.1, -0.05) is 36.4 Å². The van der Waals surface area contributed by atoms with Gasteiger partial charge >= 0.3 is 0 Å². The maximum absolute atomic E-state index is 11.0. The van der Waals surface area contributed by atoms with Gasteiger partial charge < -0.3 is 9.84 Å². The molecule has 2 aromatic rings. The minimum absolute atomic E-state index is 0.0827. The zero-order chi connectivity index (χ0) is 25.1. The average molecular weight is 512 g/mol. The molecule has 2 saturated carbocycles. The number of hydrogen-bond donors (Lipinski definition) is 1. The van der Waals surface area contributed by atoms with Crippen molar-refractivity contribution in [3.05, 3.63) is 59.2 Å². The number of hydrogen-bond acceptors (Lipinski definition) is 5. The first-order valence-electron chi connectivity index (χ1n) is 15.4. The maximum atomic E-state index is 11.0. The van der Waals surface area contributed by atoms with E-state index in [1.807, 2.05) is 6.07 Å². The molecule has 5 aliphatic heterocycles. The first-order valence-corrected chi connectivity index (χ1v) is 15.4. The zero-order valence-corrected chi connectivity index (χ0v) is 22.5. The average Bonchev–Trinajstić information content (AvgIpc) is 3.60. The molecule has 1 N–H and O–H groups in total. The van der Waals surface area contributed by atoms with E-state index in [2.05, 4.69) is 51.1 Å². The Hall–Kier alpha value is -2.08. The molecule has 6 atom stereocenters. The lowest BCUT2D eigenvalue weighted by atomic mass is 9.42. The molecule has 3 aliphatic carbocycles. The predicted octanol–water partition coefficient (Wildman–Crippen LogP) is 4.56. The van der Waals surface area contributed by atoms with E-state index < -0.39 is 0 Å². The topological polar surface area (TPSA) is 39.2 Å². The smallest absolute Gasteiger partial charge is 0.165 e. The summed E-state index contributed by atoms with van der Waals surface area (Å²) in [4.78, 5) is 8.52. The van der Waals surface area contributed by atoms with Crippen LogP contribution in [0.3, 0.4) is 0 Å². The molecule has 8 aliphatic rings. The number of fused-ring (bicyclic) bond motifs is 3. The van der Waals surface area contributed by atoms with Crippen LogP contribution in [0.15, 0.2) is 42.5 Å². The third-order valence-corrected chi connectivity index (χ3v) is 12.2. The molecule has 5 heterocycles. The van der Waals surface area contributed by atoms with Crippen molar-refractivity contribution in [1.29, 1.82) is 0 Å². The van der Waals surface area contributed by atoms with Gasteiger partial charge in [-0.25, -0.2) is 0 Å². The van der Waals surface area contributed by atoms with E-state index in [1.165, 1.54) is 94.4 Å². The number of nitrogens with zero attached hydrogens (tertiary/aromatic N) is 3. The number of rotatable bonds is 5. The van der Waals surface area contributed by atoms with Crippen molar-refractivity contribution in [2.45, 2.75) is 87.6 Å². The standard InChI is InChI=1S/C33H41N3O2/c37-27-9-8-24-18-28-32-12-10-26(31-33(32,29(24)30(27)38-31)14-16-35(28)20-23-6-7-23)36(17-13-32)25-11-15-34(21-25)19-22-4-2-1-3-5-22/h1-5,8-9,23,25-26,28,31,37H,6-7,10-21H2/t25?,26-,28+,31+,32-,33+/m1/s1. The molecule has 4 bridgehead atoms. The molecule has 6 fully saturated rings. The van der Waals surface area contributed by atoms with Crippen molar-refractivity contribution in [3.8, 4) is 11.5 Å². The maximum Gasteiger partial charge on any atom is 0.165 e. The van der Waals surface area contributed by atoms with Crippen molar-refractivity contribution < 1.29 is 9.84 Å². The monoisotopic (exact) mass is 511 g/mol. The van der Waals surface area contributed by atoms with E-state index in [0.29, 0.717) is 23.9 Å². The van der Waals surface area contributed by atoms with Crippen molar-refractivity contribution in [2.75, 3.05) is 32.7 Å². The van der Waals surface area contributed by atoms with Crippen molar-refractivity contribution in [3.63, 3.8) is 0 Å². The molecular formula is C33H41N3O2. The number of benzene rings is 2. The highest BCUT2D eigenvalue weighted by Gasteiger charge is 2.74. The fourth-order valence-corrected chi connectivity index (χ4v) is 10.5. The van der Waals surface area contributed by atoms with E-state index in [0.717, 1.165) is 24.6 Å². The Labute approximate surface area is 226 Å². The van der Waals surface area contributed by atoms with Gasteiger partial charge in [-0.3, -0.25) is 14.7 Å². The number of phenolic OH excluding ortho intramolecular Hbond substituents is 1. The summed E-state index contributed by atoms with van der Waals surface area (Å²) < 4.78 is 7.04. The van der Waals surface area contributed by atoms with Gasteiger partial charge in [0.25, 0.3) is 0 Å². The van der Waals surface area contributed by atoms with Crippen molar-refractivity contribution in [2.24, 2.45) is 11.3 Å². The van der Waals surface area contributed by atoms with Crippen LogP contribution < -0.4 is 4.74 Å². The van der Waals surface area contributed by atoms with Crippen LogP contribution in [0.4, 0.5) is 0 Å². The van der Waals surface area contributed by atoms with Crippen LogP contribution in [0.5, 0.6) is 11.5 Å². The highest BCUT2D eigenvalue weighted by Crippen LogP contribution is 2.71. The molecule has 38 heavy (non-hydrogen) atoms. The Kier molecular flexibility index (Phi) is 4.77. The quantitative estimate of drug-likeness (QED) is 0.637. The molecule has 2 aromatic carbocycles. The summed E-state index contributed by atoms with van der Waals surface area (Å²) >= 11 is 0. The van der Waals surface area contributed by atoms with E-state index in [4.69, 9.17) is 4.74 Å². The van der Waals surface area contributed by atoms with Crippen LogP contribution in [0.25, 0.3) is 0 Å². The van der Waals surface area contributed by atoms with Gasteiger partial charge in [0.05, 0.1) is 0 Å². The molecule has 0 aromatic heterocycles. The fourth-order valence-electron chi connectivity index (χ4n) is 10.5. The molecule has 200 valence electrons. The van der Waals surface area contributed by atoms with Gasteiger partial charge in [-0.15, -0.1) is 0 Å². The highest BCUT2D eigenvalue weighted by atomic mass is 16.5. The van der Waals surface area contributed by atoms with Crippen LogP contribution in [-0.2, 0) is 18.4 Å². The molecule has 10 rings (SSSR count). The van der Waals surface area contributed by atoms with Gasteiger partial charge in [0.1, 0.15) is 6.10 Å². The van der Waals surface area contributed by atoms with Crippen LogP contribution in [0.2, 0.25) is 0 Å². The van der Waals surface area contributed by atoms with Crippen LogP contribution in [0.1, 0.15) is 61.6 Å². The van der Waals surface area contributed by atoms with Crippen LogP contribution >= 0.6 is 0 Å². The lowest BCUT2D eigenvalue weighted by Crippen LogP contribution is -2.73. The Morgan fingerprint density at radius 2 is 1.82 bits per heavy atom. The molecule has 5 nitrogen and oxygen atoms in total. The highest BCUT2D eigenvalue weighted by molar-refractivity contribution is 5.62. The van der Waals surface area contributed by atoms with Crippen molar-refractivity contribution in [1.82, 2.24) is 14.7 Å². The van der Waals surface area contributed by atoms with E-state index in [9.17, 15) is 5.11 Å². The number of phenols is 1. The van der Waals surface area contributed by atoms with Crippen LogP contribution in [-0.4, -0.2) is 76.8 Å². The molecule has 5 heteroatoms. The van der Waals surface area contributed by atoms with Gasteiger partial charge in [-0.05, 0) is 87.6 Å². The predicted molar refractivity (Wildman–Crippen MR) is 148 cm³/mol. The van der Waals surface area contributed by atoms with Crippen molar-refractivity contribution >= 4 is 0 Å². The molecule has 1 unspecified atom stereocenters. The largest absolute Gasteiger partial charge is 0.504 e. The Bertz CT molecular complexity index is 1260. The first kappa shape index (κ1) is 22.7. The second-order valence-electron chi connectivity index (χ2n) is 13.8. The third-order valence-electron chi connectivity index (χ3n) is 12.2.